The maximum Gasteiger partial charge on any atom is 0.354 e. The first kappa shape index (κ1) is 12.8. The van der Waals surface area contributed by atoms with Gasteiger partial charge in [-0.15, -0.1) is 0 Å². The highest BCUT2D eigenvalue weighted by atomic mass is 16.4. The Hall–Kier alpha value is -2.63. The van der Waals surface area contributed by atoms with Gasteiger partial charge in [-0.2, -0.15) is 0 Å². The fraction of sp³-hybridized carbons (Fsp3) is 0.154. The quantitative estimate of drug-likeness (QED) is 0.777. The number of aromatic nitrogens is 2. The average Bonchev–Trinajstić information content (AvgIpc) is 2.89. The largest absolute Gasteiger partial charge is 0.477 e. The molecule has 6 nitrogen and oxygen atoms in total. The molecule has 0 aliphatic heterocycles. The summed E-state index contributed by atoms with van der Waals surface area (Å²) in [5.74, 6) is -1.73. The summed E-state index contributed by atoms with van der Waals surface area (Å²) in [5, 5.41) is 11.6. The van der Waals surface area contributed by atoms with Crippen LogP contribution >= 0.6 is 0 Å². The number of carbonyl (C=O) groups is 2. The summed E-state index contributed by atoms with van der Waals surface area (Å²) in [4.78, 5) is 29.0. The second kappa shape index (κ2) is 5.34. The van der Waals surface area contributed by atoms with Gasteiger partial charge in [0.15, 0.2) is 11.4 Å². The first-order chi connectivity index (χ1) is 9.09. The number of carbonyl (C=O) groups excluding carboxylic acids is 1. The van der Waals surface area contributed by atoms with Crippen molar-refractivity contribution in [3.8, 4) is 0 Å². The Bertz CT molecular complexity index is 592. The van der Waals surface area contributed by atoms with Crippen LogP contribution in [0.3, 0.4) is 0 Å². The zero-order chi connectivity index (χ0) is 13.8. The normalized spacial score (nSPS) is 11.8. The lowest BCUT2D eigenvalue weighted by Gasteiger charge is -2.13. The third kappa shape index (κ3) is 2.79. The van der Waals surface area contributed by atoms with E-state index in [1.165, 1.54) is 6.33 Å². The van der Waals surface area contributed by atoms with Gasteiger partial charge in [-0.05, 0) is 12.5 Å². The van der Waals surface area contributed by atoms with Crippen molar-refractivity contribution in [1.29, 1.82) is 0 Å². The minimum absolute atomic E-state index is 0.115. The number of hydrogen-bond acceptors (Lipinski definition) is 3. The SMILES string of the molecule is C[C@H](NC(=O)c1nc[nH]c1C(=O)O)c1ccccc1. The number of aromatic carboxylic acids is 1. The topological polar surface area (TPSA) is 95.1 Å². The summed E-state index contributed by atoms with van der Waals surface area (Å²) in [6.45, 7) is 1.82. The van der Waals surface area contributed by atoms with Crippen LogP contribution in [-0.2, 0) is 0 Å². The molecule has 98 valence electrons. The van der Waals surface area contributed by atoms with Gasteiger partial charge in [0, 0.05) is 0 Å². The van der Waals surface area contributed by atoms with Gasteiger partial charge in [0.1, 0.15) is 0 Å². The van der Waals surface area contributed by atoms with E-state index < -0.39 is 11.9 Å². The van der Waals surface area contributed by atoms with Crippen molar-refractivity contribution in [1.82, 2.24) is 15.3 Å². The summed E-state index contributed by atoms with van der Waals surface area (Å²) in [7, 11) is 0. The number of hydrogen-bond donors (Lipinski definition) is 3. The molecule has 0 aliphatic rings. The van der Waals surface area contributed by atoms with Crippen LogP contribution in [0.2, 0.25) is 0 Å². The molecule has 19 heavy (non-hydrogen) atoms. The predicted octanol–water partition coefficient (Wildman–Crippen LogP) is 1.60. The smallest absolute Gasteiger partial charge is 0.354 e. The molecule has 0 bridgehead atoms. The Kier molecular flexibility index (Phi) is 3.61. The second-order valence-corrected chi connectivity index (χ2v) is 4.04. The highest BCUT2D eigenvalue weighted by Gasteiger charge is 2.21. The van der Waals surface area contributed by atoms with Crippen LogP contribution in [-0.4, -0.2) is 27.0 Å². The predicted molar refractivity (Wildman–Crippen MR) is 67.9 cm³/mol. The van der Waals surface area contributed by atoms with Crippen molar-refractivity contribution in [2.45, 2.75) is 13.0 Å². The zero-order valence-corrected chi connectivity index (χ0v) is 10.3. The number of carboxylic acid groups (broad SMARTS) is 1. The van der Waals surface area contributed by atoms with Crippen LogP contribution in [0.25, 0.3) is 0 Å². The van der Waals surface area contributed by atoms with E-state index in [2.05, 4.69) is 15.3 Å². The second-order valence-electron chi connectivity index (χ2n) is 4.04. The maximum atomic E-state index is 12.0. The molecule has 0 radical (unpaired) electrons. The first-order valence-electron chi connectivity index (χ1n) is 5.72. The van der Waals surface area contributed by atoms with Crippen LogP contribution in [0.1, 0.15) is 39.5 Å². The molecule has 0 aliphatic carbocycles. The van der Waals surface area contributed by atoms with Gasteiger partial charge in [0.25, 0.3) is 5.91 Å². The maximum absolute atomic E-state index is 12.0. The van der Waals surface area contributed by atoms with E-state index in [4.69, 9.17) is 5.11 Å². The summed E-state index contributed by atoms with van der Waals surface area (Å²) < 4.78 is 0. The molecule has 1 aromatic carbocycles. The molecule has 1 heterocycles. The molecular weight excluding hydrogens is 246 g/mol. The third-order valence-electron chi connectivity index (χ3n) is 2.72. The van der Waals surface area contributed by atoms with E-state index in [9.17, 15) is 9.59 Å². The first-order valence-corrected chi connectivity index (χ1v) is 5.72. The highest BCUT2D eigenvalue weighted by Crippen LogP contribution is 2.12. The monoisotopic (exact) mass is 259 g/mol. The average molecular weight is 259 g/mol. The number of imidazole rings is 1. The number of amides is 1. The van der Waals surface area contributed by atoms with Crippen LogP contribution in [0, 0.1) is 0 Å². The minimum Gasteiger partial charge on any atom is -0.477 e. The van der Waals surface area contributed by atoms with Gasteiger partial charge in [-0.1, -0.05) is 30.3 Å². The van der Waals surface area contributed by atoms with E-state index in [1.54, 1.807) is 0 Å². The molecule has 6 heteroatoms. The fourth-order valence-corrected chi connectivity index (χ4v) is 1.72. The molecule has 1 aromatic heterocycles. The number of nitrogens with one attached hydrogen (secondary N) is 2. The molecule has 2 aromatic rings. The van der Waals surface area contributed by atoms with Crippen molar-refractivity contribution in [2.75, 3.05) is 0 Å². The number of nitrogens with zero attached hydrogens (tertiary/aromatic N) is 1. The standard InChI is InChI=1S/C13H13N3O3/c1-8(9-5-3-2-4-6-9)16-12(17)10-11(13(18)19)15-7-14-10/h2-8H,1H3,(H,14,15)(H,16,17)(H,18,19)/t8-/m0/s1. The molecule has 0 unspecified atom stereocenters. The van der Waals surface area contributed by atoms with Gasteiger partial charge in [0.2, 0.25) is 0 Å². The van der Waals surface area contributed by atoms with Crippen molar-refractivity contribution in [3.63, 3.8) is 0 Å². The van der Waals surface area contributed by atoms with Crippen LogP contribution in [0.4, 0.5) is 0 Å². The van der Waals surface area contributed by atoms with E-state index in [0.29, 0.717) is 0 Å². The summed E-state index contributed by atoms with van der Waals surface area (Å²) in [6.07, 6.45) is 1.19. The Balaban J connectivity index is 2.13. The molecule has 1 amide bonds. The zero-order valence-electron chi connectivity index (χ0n) is 10.3. The molecule has 1 atom stereocenters. The lowest BCUT2D eigenvalue weighted by atomic mass is 10.1. The van der Waals surface area contributed by atoms with Crippen LogP contribution < -0.4 is 5.32 Å². The van der Waals surface area contributed by atoms with Gasteiger partial charge in [-0.3, -0.25) is 4.79 Å². The number of rotatable bonds is 4. The fourth-order valence-electron chi connectivity index (χ4n) is 1.72. The molecule has 0 saturated carbocycles. The number of aromatic amines is 1. The molecular formula is C13H13N3O3. The summed E-state index contributed by atoms with van der Waals surface area (Å²) in [5.41, 5.74) is 0.608. The summed E-state index contributed by atoms with van der Waals surface area (Å²) in [6, 6.07) is 9.16. The van der Waals surface area contributed by atoms with E-state index in [-0.39, 0.29) is 17.4 Å². The van der Waals surface area contributed by atoms with Crippen LogP contribution in [0.5, 0.6) is 0 Å². The molecule has 2 rings (SSSR count). The number of benzene rings is 1. The van der Waals surface area contributed by atoms with E-state index in [0.717, 1.165) is 5.56 Å². The number of H-pyrrole nitrogens is 1. The van der Waals surface area contributed by atoms with E-state index in [1.807, 2.05) is 37.3 Å². The highest BCUT2D eigenvalue weighted by molar-refractivity contribution is 6.02. The number of carboxylic acids is 1. The van der Waals surface area contributed by atoms with Gasteiger partial charge < -0.3 is 15.4 Å². The van der Waals surface area contributed by atoms with Gasteiger partial charge in [0.05, 0.1) is 12.4 Å². The molecule has 0 fully saturated rings. The minimum atomic E-state index is -1.21. The van der Waals surface area contributed by atoms with Crippen molar-refractivity contribution in [3.05, 3.63) is 53.6 Å². The molecule has 3 N–H and O–H groups in total. The van der Waals surface area contributed by atoms with E-state index >= 15 is 0 Å². The van der Waals surface area contributed by atoms with Crippen molar-refractivity contribution < 1.29 is 14.7 Å². The molecule has 0 spiro atoms. The van der Waals surface area contributed by atoms with Crippen molar-refractivity contribution >= 4 is 11.9 Å². The Morgan fingerprint density at radius 2 is 2.00 bits per heavy atom. The Labute approximate surface area is 109 Å². The summed E-state index contributed by atoms with van der Waals surface area (Å²) >= 11 is 0. The Morgan fingerprint density at radius 3 is 2.63 bits per heavy atom. The van der Waals surface area contributed by atoms with Crippen molar-refractivity contribution in [2.24, 2.45) is 0 Å². The third-order valence-corrected chi connectivity index (χ3v) is 2.72. The van der Waals surface area contributed by atoms with Crippen LogP contribution in [0.15, 0.2) is 36.7 Å². The molecule has 0 saturated heterocycles. The lowest BCUT2D eigenvalue weighted by molar-refractivity contribution is 0.0684. The van der Waals surface area contributed by atoms with Gasteiger partial charge in [-0.25, -0.2) is 9.78 Å². The lowest BCUT2D eigenvalue weighted by Crippen LogP contribution is -2.28. The Morgan fingerprint density at radius 1 is 1.32 bits per heavy atom. The van der Waals surface area contributed by atoms with Gasteiger partial charge >= 0.3 is 5.97 Å².